The van der Waals surface area contributed by atoms with Gasteiger partial charge in [0.25, 0.3) is 0 Å². The van der Waals surface area contributed by atoms with Crippen LogP contribution in [0.15, 0.2) is 176 Å². The summed E-state index contributed by atoms with van der Waals surface area (Å²) in [6.07, 6.45) is 10.6. The van der Waals surface area contributed by atoms with Gasteiger partial charge in [-0.15, -0.1) is 0 Å². The zero-order valence-corrected chi connectivity index (χ0v) is 32.1. The molecule has 6 heteroatoms. The second-order valence-electron chi connectivity index (χ2n) is 14.7. The van der Waals surface area contributed by atoms with Gasteiger partial charge in [0.05, 0.1) is 19.1 Å². The standard InChI is InChI=1S/C50H46N4O2/c1-36(55)30-45(56)25-20-37-10-4-5-11-46(37)40-31-41(49-14-8-6-12-47(49)38-16-21-43(22-17-38)53-28-26-51(2)34-53)33-42(32-40)50-15-9-7-13-48(50)39-18-23-44(24-19-39)54-29-27-52(3)35-54/h4-19,21-24,26-33,55H,20,25,34-35H2,1-3H3. The van der Waals surface area contributed by atoms with E-state index in [1.165, 1.54) is 13.0 Å². The van der Waals surface area contributed by atoms with Gasteiger partial charge in [-0.3, -0.25) is 4.79 Å². The van der Waals surface area contributed by atoms with Crippen molar-refractivity contribution in [1.82, 2.24) is 9.80 Å². The largest absolute Gasteiger partial charge is 0.512 e. The van der Waals surface area contributed by atoms with Crippen molar-refractivity contribution in [2.45, 2.75) is 19.8 Å². The summed E-state index contributed by atoms with van der Waals surface area (Å²) < 4.78 is 0. The van der Waals surface area contributed by atoms with E-state index in [0.29, 0.717) is 12.8 Å². The van der Waals surface area contributed by atoms with Crippen LogP contribution in [0.4, 0.5) is 11.4 Å². The molecule has 278 valence electrons. The third kappa shape index (κ3) is 7.87. The molecule has 0 amide bonds. The molecule has 56 heavy (non-hydrogen) atoms. The van der Waals surface area contributed by atoms with Crippen LogP contribution in [-0.2, 0) is 11.2 Å². The minimum absolute atomic E-state index is 0.0308. The van der Waals surface area contributed by atoms with E-state index >= 15 is 0 Å². The van der Waals surface area contributed by atoms with Gasteiger partial charge in [-0.2, -0.15) is 0 Å². The maximum Gasteiger partial charge on any atom is 0.159 e. The number of nitrogens with zero attached hydrogens (tertiary/aromatic N) is 4. The molecule has 0 radical (unpaired) electrons. The molecule has 6 nitrogen and oxygen atoms in total. The molecule has 8 rings (SSSR count). The molecule has 0 unspecified atom stereocenters. The highest BCUT2D eigenvalue weighted by atomic mass is 16.3. The number of carbonyl (C=O) groups excluding carboxylic acids is 1. The molecule has 0 saturated heterocycles. The fourth-order valence-corrected chi connectivity index (χ4v) is 7.71. The Morgan fingerprint density at radius 2 is 0.929 bits per heavy atom. The van der Waals surface area contributed by atoms with Crippen LogP contribution in [0.25, 0.3) is 55.6 Å². The minimum Gasteiger partial charge on any atom is -0.512 e. The lowest BCUT2D eigenvalue weighted by atomic mass is 9.86. The monoisotopic (exact) mass is 734 g/mol. The molecule has 1 N–H and O–H groups in total. The number of aryl methyl sites for hydroxylation is 1. The molecular weight excluding hydrogens is 689 g/mol. The normalized spacial score (nSPS) is 13.9. The summed E-state index contributed by atoms with van der Waals surface area (Å²) >= 11 is 0. The molecule has 0 aliphatic carbocycles. The lowest BCUT2D eigenvalue weighted by Gasteiger charge is -2.20. The van der Waals surface area contributed by atoms with Crippen molar-refractivity contribution in [3.8, 4) is 55.6 Å². The van der Waals surface area contributed by atoms with Crippen LogP contribution in [0, 0.1) is 0 Å². The number of aliphatic hydroxyl groups excluding tert-OH is 1. The number of hydrogen-bond donors (Lipinski definition) is 1. The molecule has 0 saturated carbocycles. The predicted molar refractivity (Wildman–Crippen MR) is 232 cm³/mol. The highest BCUT2D eigenvalue weighted by molar-refractivity contribution is 5.93. The third-order valence-electron chi connectivity index (χ3n) is 10.5. The van der Waals surface area contributed by atoms with Crippen molar-refractivity contribution in [1.29, 1.82) is 0 Å². The van der Waals surface area contributed by atoms with Crippen LogP contribution in [0.3, 0.4) is 0 Å². The third-order valence-corrected chi connectivity index (χ3v) is 10.5. The summed E-state index contributed by atoms with van der Waals surface area (Å²) in [5.41, 5.74) is 14.7. The van der Waals surface area contributed by atoms with Gasteiger partial charge in [-0.1, -0.05) is 97.1 Å². The van der Waals surface area contributed by atoms with E-state index in [2.05, 4.69) is 192 Å². The molecule has 0 fully saturated rings. The Morgan fingerprint density at radius 3 is 1.34 bits per heavy atom. The van der Waals surface area contributed by atoms with Gasteiger partial charge in [-0.25, -0.2) is 0 Å². The van der Waals surface area contributed by atoms with E-state index in [9.17, 15) is 9.90 Å². The molecule has 6 aromatic rings. The molecular formula is C50H46N4O2. The van der Waals surface area contributed by atoms with Crippen LogP contribution < -0.4 is 9.80 Å². The van der Waals surface area contributed by atoms with E-state index < -0.39 is 0 Å². The summed E-state index contributed by atoms with van der Waals surface area (Å²) in [6.45, 7) is 3.19. The van der Waals surface area contributed by atoms with Crippen molar-refractivity contribution in [3.63, 3.8) is 0 Å². The zero-order chi connectivity index (χ0) is 38.6. The van der Waals surface area contributed by atoms with Gasteiger partial charge in [-0.05, 0) is 117 Å². The van der Waals surface area contributed by atoms with Crippen molar-refractivity contribution in [3.05, 3.63) is 182 Å². The van der Waals surface area contributed by atoms with Crippen molar-refractivity contribution >= 4 is 17.2 Å². The van der Waals surface area contributed by atoms with Gasteiger partial charge >= 0.3 is 0 Å². The first-order valence-electron chi connectivity index (χ1n) is 19.1. The molecule has 6 aromatic carbocycles. The minimum atomic E-state index is -0.0883. The van der Waals surface area contributed by atoms with E-state index in [-0.39, 0.29) is 11.5 Å². The first kappa shape index (κ1) is 36.2. The van der Waals surface area contributed by atoms with Gasteiger partial charge < -0.3 is 24.7 Å². The summed E-state index contributed by atoms with van der Waals surface area (Å²) in [5.74, 6) is -0.0575. The van der Waals surface area contributed by atoms with Crippen molar-refractivity contribution in [2.24, 2.45) is 0 Å². The Hall–Kier alpha value is -6.79. The van der Waals surface area contributed by atoms with Crippen molar-refractivity contribution in [2.75, 3.05) is 37.2 Å². The second kappa shape index (κ2) is 15.9. The van der Waals surface area contributed by atoms with Gasteiger partial charge in [0.15, 0.2) is 5.78 Å². The van der Waals surface area contributed by atoms with Crippen LogP contribution in [-0.4, -0.2) is 48.1 Å². The Bertz CT molecular complexity index is 2330. The smallest absolute Gasteiger partial charge is 0.159 e. The van der Waals surface area contributed by atoms with Crippen LogP contribution >= 0.6 is 0 Å². The topological polar surface area (TPSA) is 50.3 Å². The fraction of sp³-hybridized carbons (Fsp3) is 0.140. The molecule has 0 spiro atoms. The second-order valence-corrected chi connectivity index (χ2v) is 14.7. The van der Waals surface area contributed by atoms with Gasteiger partial charge in [0.1, 0.15) is 0 Å². The number of aliphatic hydroxyl groups is 1. The lowest BCUT2D eigenvalue weighted by Crippen LogP contribution is -2.21. The fourth-order valence-electron chi connectivity index (χ4n) is 7.71. The Morgan fingerprint density at radius 1 is 0.536 bits per heavy atom. The van der Waals surface area contributed by atoms with Gasteiger partial charge in [0, 0.05) is 62.8 Å². The van der Waals surface area contributed by atoms with E-state index in [0.717, 1.165) is 85.9 Å². The number of allylic oxidation sites excluding steroid dienone is 2. The highest BCUT2D eigenvalue weighted by Crippen LogP contribution is 2.41. The molecule has 2 aliphatic rings. The number of rotatable bonds is 11. The van der Waals surface area contributed by atoms with Crippen LogP contribution in [0.5, 0.6) is 0 Å². The predicted octanol–water partition coefficient (Wildman–Crippen LogP) is 11.3. The Kier molecular flexibility index (Phi) is 10.3. The number of anilines is 2. The SMILES string of the molecule is CC(O)=CC(=O)CCc1ccccc1-c1cc(-c2ccccc2-c2ccc(N3C=CN(C)C3)cc2)cc(-c2ccccc2-c2ccc(N3C=CN(C)C3)cc2)c1. The molecule has 2 heterocycles. The maximum atomic E-state index is 12.7. The summed E-state index contributed by atoms with van der Waals surface area (Å²) in [4.78, 5) is 21.5. The molecule has 0 atom stereocenters. The zero-order valence-electron chi connectivity index (χ0n) is 32.1. The average Bonchev–Trinajstić information content (AvgIpc) is 3.88. The lowest BCUT2D eigenvalue weighted by molar-refractivity contribution is -0.114. The van der Waals surface area contributed by atoms with E-state index in [1.807, 2.05) is 6.07 Å². The summed E-state index contributed by atoms with van der Waals surface area (Å²) in [6, 6.07) is 50.2. The van der Waals surface area contributed by atoms with Gasteiger partial charge in [0.2, 0.25) is 0 Å². The molecule has 0 bridgehead atoms. The Labute approximate surface area is 330 Å². The average molecular weight is 735 g/mol. The molecule has 0 aromatic heterocycles. The summed E-state index contributed by atoms with van der Waals surface area (Å²) in [5, 5.41) is 9.71. The number of hydrogen-bond acceptors (Lipinski definition) is 6. The Balaban J connectivity index is 1.23. The quantitative estimate of drug-likeness (QED) is 0.106. The van der Waals surface area contributed by atoms with E-state index in [4.69, 9.17) is 0 Å². The van der Waals surface area contributed by atoms with Crippen LogP contribution in [0.2, 0.25) is 0 Å². The number of benzene rings is 6. The number of carbonyl (C=O) groups is 1. The van der Waals surface area contributed by atoms with Crippen LogP contribution in [0.1, 0.15) is 18.9 Å². The highest BCUT2D eigenvalue weighted by Gasteiger charge is 2.17. The maximum absolute atomic E-state index is 12.7. The molecule has 2 aliphatic heterocycles. The first-order valence-corrected chi connectivity index (χ1v) is 19.1. The van der Waals surface area contributed by atoms with E-state index in [1.54, 1.807) is 0 Å². The number of ketones is 1. The summed E-state index contributed by atoms with van der Waals surface area (Å²) in [7, 11) is 4.16. The first-order chi connectivity index (χ1) is 27.3. The van der Waals surface area contributed by atoms with Crippen molar-refractivity contribution < 1.29 is 9.90 Å².